The molecule has 2 amide bonds. The molecule has 2 aliphatic heterocycles. The van der Waals surface area contributed by atoms with Gasteiger partial charge in [-0.2, -0.15) is 0 Å². The Morgan fingerprint density at radius 2 is 1.65 bits per heavy atom. The molecule has 202 valence electrons. The lowest BCUT2D eigenvalue weighted by Crippen LogP contribution is -2.47. The monoisotopic (exact) mass is 616 g/mol. The molecule has 0 saturated carbocycles. The highest BCUT2D eigenvalue weighted by Crippen LogP contribution is 2.39. The highest BCUT2D eigenvalue weighted by atomic mass is 79.9. The van der Waals surface area contributed by atoms with E-state index in [9.17, 15) is 14.4 Å². The molecule has 2 aliphatic rings. The lowest BCUT2D eigenvalue weighted by atomic mass is 9.83. The Bertz CT molecular complexity index is 1670. The number of halogens is 2. The molecule has 2 unspecified atom stereocenters. The molecular formula is C31H26BrClN4O3. The number of carbonyl (C=O) groups excluding carboxylic acids is 2. The van der Waals surface area contributed by atoms with Crippen LogP contribution < -0.4 is 21.1 Å². The van der Waals surface area contributed by atoms with Crippen molar-refractivity contribution in [2.75, 3.05) is 28.6 Å². The number of nitrogens with one attached hydrogen (secondary N) is 2. The van der Waals surface area contributed by atoms with Crippen molar-refractivity contribution in [2.45, 2.75) is 18.9 Å². The predicted octanol–water partition coefficient (Wildman–Crippen LogP) is 6.39. The molecule has 0 radical (unpaired) electrons. The zero-order valence-corrected chi connectivity index (χ0v) is 23.8. The van der Waals surface area contributed by atoms with Gasteiger partial charge in [0.15, 0.2) is 0 Å². The number of piperidine rings is 1. The first-order valence-electron chi connectivity index (χ1n) is 13.1. The number of benzene rings is 3. The van der Waals surface area contributed by atoms with E-state index in [2.05, 4.69) is 31.5 Å². The second kappa shape index (κ2) is 10.9. The molecule has 0 aliphatic carbocycles. The van der Waals surface area contributed by atoms with Crippen molar-refractivity contribution in [3.8, 4) is 0 Å². The first-order valence-corrected chi connectivity index (χ1v) is 14.2. The van der Waals surface area contributed by atoms with Crippen LogP contribution in [0, 0.1) is 5.92 Å². The summed E-state index contributed by atoms with van der Waals surface area (Å²) < 4.78 is 2.58. The highest BCUT2D eigenvalue weighted by molar-refractivity contribution is 9.10. The van der Waals surface area contributed by atoms with Crippen molar-refractivity contribution >= 4 is 56.4 Å². The minimum absolute atomic E-state index is 0.0399. The zero-order valence-electron chi connectivity index (χ0n) is 21.4. The molecule has 2 N–H and O–H groups in total. The van der Waals surface area contributed by atoms with E-state index >= 15 is 0 Å². The number of pyridine rings is 1. The molecule has 3 heterocycles. The summed E-state index contributed by atoms with van der Waals surface area (Å²) in [6, 6.07) is 25.0. The van der Waals surface area contributed by atoms with Crippen LogP contribution in [0.4, 0.5) is 17.1 Å². The van der Waals surface area contributed by atoms with Gasteiger partial charge in [-0.3, -0.25) is 14.4 Å². The van der Waals surface area contributed by atoms with Crippen LogP contribution in [-0.2, 0) is 6.54 Å². The Hall–Kier alpha value is -3.88. The standard InChI is InChI=1S/C31H26BrClN4O3/c32-25-5-2-1-4-24(25)31(40)35-26-15-20(30(39)34-23-11-9-22(33)10-12-23)8-13-28(26)36-16-19-14-21(18-36)27-6-3-7-29(38)37(27)17-19/h1-13,15,19,21H,14,16-18H2,(H,34,39)(H,35,40). The fourth-order valence-corrected chi connectivity index (χ4v) is 6.31. The summed E-state index contributed by atoms with van der Waals surface area (Å²) >= 11 is 9.45. The SMILES string of the molecule is O=C(Nc1ccc(Cl)cc1)c1ccc(N2CC3CC(C2)c2cccc(=O)n2C3)c(NC(=O)c2ccccc2Br)c1. The molecule has 4 aromatic rings. The summed E-state index contributed by atoms with van der Waals surface area (Å²) in [5.41, 5.74) is 4.00. The van der Waals surface area contributed by atoms with E-state index in [1.54, 1.807) is 48.5 Å². The quantitative estimate of drug-likeness (QED) is 0.272. The Balaban J connectivity index is 1.33. The van der Waals surface area contributed by atoms with E-state index in [-0.39, 0.29) is 23.3 Å². The predicted molar refractivity (Wildman–Crippen MR) is 162 cm³/mol. The average molecular weight is 618 g/mol. The summed E-state index contributed by atoms with van der Waals surface area (Å²) in [6.45, 7) is 2.11. The molecule has 40 heavy (non-hydrogen) atoms. The van der Waals surface area contributed by atoms with Gasteiger partial charge in [0.25, 0.3) is 17.4 Å². The third kappa shape index (κ3) is 5.29. The molecule has 2 bridgehead atoms. The van der Waals surface area contributed by atoms with Gasteiger partial charge in [0.1, 0.15) is 0 Å². The van der Waals surface area contributed by atoms with E-state index in [0.717, 1.165) is 24.3 Å². The summed E-state index contributed by atoms with van der Waals surface area (Å²) in [4.78, 5) is 41.3. The van der Waals surface area contributed by atoms with Gasteiger partial charge in [0, 0.05) is 58.1 Å². The molecule has 1 saturated heterocycles. The van der Waals surface area contributed by atoms with E-state index < -0.39 is 0 Å². The van der Waals surface area contributed by atoms with Crippen molar-refractivity contribution in [3.05, 3.63) is 122 Å². The molecular weight excluding hydrogens is 592 g/mol. The van der Waals surface area contributed by atoms with Gasteiger partial charge in [-0.05, 0) is 88.9 Å². The van der Waals surface area contributed by atoms with Gasteiger partial charge in [0.05, 0.1) is 16.9 Å². The van der Waals surface area contributed by atoms with Crippen molar-refractivity contribution in [2.24, 2.45) is 5.92 Å². The number of rotatable bonds is 5. The second-order valence-corrected chi connectivity index (χ2v) is 11.5. The van der Waals surface area contributed by atoms with Crippen LogP contribution in [-0.4, -0.2) is 29.5 Å². The second-order valence-electron chi connectivity index (χ2n) is 10.2. The Kier molecular flexibility index (Phi) is 7.21. The average Bonchev–Trinajstić information content (AvgIpc) is 2.95. The lowest BCUT2D eigenvalue weighted by Gasteiger charge is -2.44. The number of anilines is 3. The molecule has 1 aromatic heterocycles. The number of nitrogens with zero attached hydrogens (tertiary/aromatic N) is 2. The van der Waals surface area contributed by atoms with Gasteiger partial charge < -0.3 is 20.1 Å². The topological polar surface area (TPSA) is 83.4 Å². The van der Waals surface area contributed by atoms with Crippen molar-refractivity contribution in [1.82, 2.24) is 4.57 Å². The third-order valence-electron chi connectivity index (χ3n) is 7.55. The number of hydrogen-bond donors (Lipinski definition) is 2. The minimum atomic E-state index is -0.297. The van der Waals surface area contributed by atoms with Crippen LogP contribution in [0.15, 0.2) is 94.2 Å². The largest absolute Gasteiger partial charge is 0.369 e. The van der Waals surface area contributed by atoms with E-state index in [1.807, 2.05) is 41.0 Å². The van der Waals surface area contributed by atoms with Gasteiger partial charge in [0.2, 0.25) is 0 Å². The first kappa shape index (κ1) is 26.3. The fraction of sp³-hybridized carbons (Fsp3) is 0.194. The normalized spacial score (nSPS) is 17.6. The van der Waals surface area contributed by atoms with E-state index in [4.69, 9.17) is 11.6 Å². The Labute approximate surface area is 244 Å². The molecule has 6 rings (SSSR count). The number of carbonyl (C=O) groups is 2. The summed E-state index contributed by atoms with van der Waals surface area (Å²) in [6.07, 6.45) is 1.01. The van der Waals surface area contributed by atoms with Crippen LogP contribution >= 0.6 is 27.5 Å². The van der Waals surface area contributed by atoms with Crippen molar-refractivity contribution in [1.29, 1.82) is 0 Å². The summed E-state index contributed by atoms with van der Waals surface area (Å²) in [7, 11) is 0. The van der Waals surface area contributed by atoms with Crippen LogP contribution in [0.25, 0.3) is 0 Å². The van der Waals surface area contributed by atoms with Crippen LogP contribution in [0.5, 0.6) is 0 Å². The number of aromatic nitrogens is 1. The summed E-state index contributed by atoms with van der Waals surface area (Å²) in [5.74, 6) is -0.0840. The Morgan fingerprint density at radius 3 is 2.45 bits per heavy atom. The fourth-order valence-electron chi connectivity index (χ4n) is 5.72. The van der Waals surface area contributed by atoms with Crippen LogP contribution in [0.3, 0.4) is 0 Å². The molecule has 9 heteroatoms. The van der Waals surface area contributed by atoms with Crippen molar-refractivity contribution in [3.63, 3.8) is 0 Å². The minimum Gasteiger partial charge on any atom is -0.369 e. The van der Waals surface area contributed by atoms with Crippen LogP contribution in [0.2, 0.25) is 5.02 Å². The van der Waals surface area contributed by atoms with Gasteiger partial charge in [-0.1, -0.05) is 29.8 Å². The van der Waals surface area contributed by atoms with Gasteiger partial charge >= 0.3 is 0 Å². The van der Waals surface area contributed by atoms with E-state index in [0.29, 0.717) is 51.0 Å². The maximum absolute atomic E-state index is 13.4. The third-order valence-corrected chi connectivity index (χ3v) is 8.49. The molecule has 7 nitrogen and oxygen atoms in total. The van der Waals surface area contributed by atoms with Gasteiger partial charge in [-0.25, -0.2) is 0 Å². The first-order chi connectivity index (χ1) is 19.4. The number of hydrogen-bond acceptors (Lipinski definition) is 4. The van der Waals surface area contributed by atoms with Gasteiger partial charge in [-0.15, -0.1) is 0 Å². The van der Waals surface area contributed by atoms with Crippen molar-refractivity contribution < 1.29 is 9.59 Å². The zero-order chi connectivity index (χ0) is 27.8. The summed E-state index contributed by atoms with van der Waals surface area (Å²) in [5, 5.41) is 6.53. The molecule has 2 atom stereocenters. The highest BCUT2D eigenvalue weighted by Gasteiger charge is 2.35. The maximum Gasteiger partial charge on any atom is 0.256 e. The number of amides is 2. The lowest BCUT2D eigenvalue weighted by molar-refractivity contribution is 0.101. The van der Waals surface area contributed by atoms with E-state index in [1.165, 1.54) is 0 Å². The maximum atomic E-state index is 13.4. The molecule has 0 spiro atoms. The molecule has 3 aromatic carbocycles. The number of fused-ring (bicyclic) bond motifs is 4. The molecule has 1 fully saturated rings. The van der Waals surface area contributed by atoms with Crippen LogP contribution in [0.1, 0.15) is 38.7 Å². The Morgan fingerprint density at radius 1 is 0.850 bits per heavy atom. The smallest absolute Gasteiger partial charge is 0.256 e.